The number of aryl methyl sites for hydroxylation is 1. The highest BCUT2D eigenvalue weighted by Gasteiger charge is 2.45. The SMILES string of the molecule is Cc1cn([C@@H]2O[C@H](CO)[C@@H](O)[C@@H]2F)c(=O)[nH]c1=O.Nc1nc2c(ncn2COCCO)c(=O)[nH]1. The van der Waals surface area contributed by atoms with E-state index < -0.39 is 42.5 Å². The van der Waals surface area contributed by atoms with Crippen molar-refractivity contribution in [3.8, 4) is 0 Å². The quantitative estimate of drug-likeness (QED) is 0.194. The number of anilines is 1. The minimum atomic E-state index is -1.86. The van der Waals surface area contributed by atoms with Crippen LogP contribution in [0.1, 0.15) is 11.8 Å². The van der Waals surface area contributed by atoms with E-state index in [1.807, 2.05) is 4.98 Å². The number of H-pyrrole nitrogens is 2. The Hall–Kier alpha value is -3.44. The van der Waals surface area contributed by atoms with Crippen LogP contribution in [0.5, 0.6) is 0 Å². The summed E-state index contributed by atoms with van der Waals surface area (Å²) in [6, 6.07) is 0. The number of imidazole rings is 1. The number of aromatic amines is 2. The van der Waals surface area contributed by atoms with Gasteiger partial charge in [0.25, 0.3) is 11.1 Å². The van der Waals surface area contributed by atoms with E-state index in [0.717, 1.165) is 10.8 Å². The van der Waals surface area contributed by atoms with Crippen molar-refractivity contribution in [2.45, 2.75) is 38.3 Å². The number of hydrogen-bond donors (Lipinski definition) is 6. The minimum Gasteiger partial charge on any atom is -0.394 e. The topological polar surface area (TPSA) is 224 Å². The van der Waals surface area contributed by atoms with E-state index in [9.17, 15) is 23.9 Å². The van der Waals surface area contributed by atoms with E-state index in [0.29, 0.717) is 5.65 Å². The maximum Gasteiger partial charge on any atom is 0.330 e. The van der Waals surface area contributed by atoms with E-state index in [4.69, 9.17) is 25.4 Å². The van der Waals surface area contributed by atoms with E-state index in [-0.39, 0.29) is 42.5 Å². The first-order chi connectivity index (χ1) is 16.2. The van der Waals surface area contributed by atoms with Gasteiger partial charge in [-0.2, -0.15) is 4.98 Å². The van der Waals surface area contributed by atoms with Crippen molar-refractivity contribution in [2.75, 3.05) is 25.6 Å². The third kappa shape index (κ3) is 5.20. The van der Waals surface area contributed by atoms with E-state index in [2.05, 4.69) is 15.0 Å². The van der Waals surface area contributed by atoms with E-state index in [1.54, 1.807) is 0 Å². The first-order valence-corrected chi connectivity index (χ1v) is 9.97. The van der Waals surface area contributed by atoms with Crippen LogP contribution in [0.2, 0.25) is 0 Å². The zero-order valence-electron chi connectivity index (χ0n) is 17.9. The van der Waals surface area contributed by atoms with Crippen molar-refractivity contribution < 1.29 is 29.2 Å². The normalized spacial score (nSPS) is 22.0. The molecule has 186 valence electrons. The Morgan fingerprint density at radius 2 is 2.00 bits per heavy atom. The number of rotatable bonds is 6. The lowest BCUT2D eigenvalue weighted by Crippen LogP contribution is -2.36. The van der Waals surface area contributed by atoms with Gasteiger partial charge in [0, 0.05) is 11.8 Å². The van der Waals surface area contributed by atoms with Crippen LogP contribution in [0.3, 0.4) is 0 Å². The van der Waals surface area contributed by atoms with Crippen molar-refractivity contribution in [2.24, 2.45) is 0 Å². The van der Waals surface area contributed by atoms with Crippen molar-refractivity contribution >= 4 is 17.1 Å². The zero-order valence-corrected chi connectivity index (χ0v) is 17.9. The van der Waals surface area contributed by atoms with Crippen LogP contribution in [-0.4, -0.2) is 82.6 Å². The molecule has 15 nitrogen and oxygen atoms in total. The second-order valence-electron chi connectivity index (χ2n) is 7.26. The largest absolute Gasteiger partial charge is 0.394 e. The Morgan fingerprint density at radius 1 is 1.26 bits per heavy atom. The number of nitrogens with two attached hydrogens (primary N) is 1. The van der Waals surface area contributed by atoms with Gasteiger partial charge in [-0.15, -0.1) is 0 Å². The van der Waals surface area contributed by atoms with Crippen molar-refractivity contribution in [1.29, 1.82) is 0 Å². The Labute approximate surface area is 189 Å². The highest BCUT2D eigenvalue weighted by molar-refractivity contribution is 5.70. The van der Waals surface area contributed by atoms with Crippen molar-refractivity contribution in [3.63, 3.8) is 0 Å². The molecule has 0 saturated carbocycles. The van der Waals surface area contributed by atoms with Gasteiger partial charge >= 0.3 is 5.69 Å². The van der Waals surface area contributed by atoms with Gasteiger partial charge in [-0.1, -0.05) is 0 Å². The molecule has 1 aliphatic heterocycles. The summed E-state index contributed by atoms with van der Waals surface area (Å²) in [7, 11) is 0. The number of aromatic nitrogens is 6. The molecule has 1 fully saturated rings. The molecular weight excluding hydrogens is 461 g/mol. The number of fused-ring (bicyclic) bond motifs is 1. The maximum absolute atomic E-state index is 13.8. The second kappa shape index (κ2) is 10.7. The fourth-order valence-corrected chi connectivity index (χ4v) is 3.15. The highest BCUT2D eigenvalue weighted by Crippen LogP contribution is 2.30. The van der Waals surface area contributed by atoms with E-state index >= 15 is 0 Å². The van der Waals surface area contributed by atoms with Crippen LogP contribution in [0, 0.1) is 6.92 Å². The van der Waals surface area contributed by atoms with Gasteiger partial charge in [-0.3, -0.25) is 28.7 Å². The monoisotopic (exact) mass is 485 g/mol. The fourth-order valence-electron chi connectivity index (χ4n) is 3.15. The number of nitrogens with one attached hydrogen (secondary N) is 2. The van der Waals surface area contributed by atoms with Gasteiger partial charge in [0.1, 0.15) is 18.9 Å². The van der Waals surface area contributed by atoms with Crippen LogP contribution >= 0.6 is 0 Å². The summed E-state index contributed by atoms with van der Waals surface area (Å²) in [5.74, 6) is 0.0291. The summed E-state index contributed by atoms with van der Waals surface area (Å²) >= 11 is 0. The summed E-state index contributed by atoms with van der Waals surface area (Å²) < 4.78 is 26.3. The molecule has 16 heteroatoms. The average molecular weight is 485 g/mol. The molecule has 1 aliphatic rings. The van der Waals surface area contributed by atoms with Crippen LogP contribution in [0.4, 0.5) is 10.3 Å². The third-order valence-electron chi connectivity index (χ3n) is 4.85. The highest BCUT2D eigenvalue weighted by atomic mass is 19.1. The molecule has 3 aromatic rings. The second-order valence-corrected chi connectivity index (χ2v) is 7.26. The predicted molar refractivity (Wildman–Crippen MR) is 114 cm³/mol. The predicted octanol–water partition coefficient (Wildman–Crippen LogP) is -2.90. The number of nitrogens with zero attached hydrogens (tertiary/aromatic N) is 4. The summed E-state index contributed by atoms with van der Waals surface area (Å²) in [4.78, 5) is 46.3. The molecule has 7 N–H and O–H groups in total. The van der Waals surface area contributed by atoms with Gasteiger partial charge < -0.3 is 30.5 Å². The average Bonchev–Trinajstić information content (AvgIpc) is 3.32. The fraction of sp³-hybridized carbons (Fsp3) is 0.500. The third-order valence-corrected chi connectivity index (χ3v) is 4.85. The lowest BCUT2D eigenvalue weighted by molar-refractivity contribution is -0.0492. The Bertz CT molecular complexity index is 1300. The minimum absolute atomic E-state index is 0.0291. The van der Waals surface area contributed by atoms with Gasteiger partial charge in [0.05, 0.1) is 26.1 Å². The van der Waals surface area contributed by atoms with Gasteiger partial charge in [-0.25, -0.2) is 14.2 Å². The standard InChI is InChI=1S/C10H13FN2O5.C8H11N5O3/c1-4-2-13(10(17)12-8(4)16)9-6(11)7(15)5(3-14)18-9;9-8-11-6-5(7(15)12-8)10-3-13(6)4-16-2-1-14/h2,5-7,9,14-15H,3H2,1H3,(H,12,16,17);3,14H,1-2,4H2,(H3,9,11,12,15)/t5-,6+,7-,9-;/m1./s1. The number of hydrogen-bond acceptors (Lipinski definition) is 11. The van der Waals surface area contributed by atoms with Crippen molar-refractivity contribution in [1.82, 2.24) is 29.1 Å². The lowest BCUT2D eigenvalue weighted by atomic mass is 10.1. The number of halogens is 1. The molecule has 0 aromatic carbocycles. The maximum atomic E-state index is 13.8. The summed E-state index contributed by atoms with van der Waals surface area (Å²) in [6.45, 7) is 1.19. The number of aliphatic hydroxyl groups excluding tert-OH is 3. The zero-order chi connectivity index (χ0) is 25.0. The van der Waals surface area contributed by atoms with Gasteiger partial charge in [0.15, 0.2) is 23.6 Å². The lowest BCUT2D eigenvalue weighted by Gasteiger charge is -2.15. The number of ether oxygens (including phenoxy) is 2. The summed E-state index contributed by atoms with van der Waals surface area (Å²) in [6.07, 6.45) is -3.23. The van der Waals surface area contributed by atoms with Gasteiger partial charge in [0.2, 0.25) is 5.95 Å². The number of nitrogen functional groups attached to an aromatic ring is 1. The Kier molecular flexibility index (Phi) is 7.90. The summed E-state index contributed by atoms with van der Waals surface area (Å²) in [5, 5.41) is 26.9. The Morgan fingerprint density at radius 3 is 2.65 bits per heavy atom. The molecule has 4 atom stereocenters. The van der Waals surface area contributed by atoms with Crippen LogP contribution in [-0.2, 0) is 16.2 Å². The number of alkyl halides is 1. The first kappa shape index (κ1) is 25.2. The molecule has 0 spiro atoms. The van der Waals surface area contributed by atoms with Crippen LogP contribution in [0.15, 0.2) is 26.9 Å². The van der Waals surface area contributed by atoms with Gasteiger partial charge in [-0.05, 0) is 6.92 Å². The molecule has 0 amide bonds. The smallest absolute Gasteiger partial charge is 0.330 e. The molecule has 4 heterocycles. The molecule has 3 aromatic heterocycles. The van der Waals surface area contributed by atoms with E-state index in [1.165, 1.54) is 17.8 Å². The van der Waals surface area contributed by atoms with Crippen LogP contribution < -0.4 is 22.5 Å². The molecule has 4 rings (SSSR count). The molecular formula is C18H24FN7O8. The molecule has 0 bridgehead atoms. The first-order valence-electron chi connectivity index (χ1n) is 9.97. The molecule has 0 radical (unpaired) electrons. The van der Waals surface area contributed by atoms with Crippen LogP contribution in [0.25, 0.3) is 11.2 Å². The van der Waals surface area contributed by atoms with Crippen molar-refractivity contribution in [3.05, 3.63) is 49.3 Å². The Balaban J connectivity index is 0.000000192. The molecule has 0 unspecified atom stereocenters. The molecule has 0 aliphatic carbocycles. The summed E-state index contributed by atoms with van der Waals surface area (Å²) in [5.41, 5.74) is 4.42. The number of aliphatic hydroxyl groups is 3. The molecule has 34 heavy (non-hydrogen) atoms. The molecule has 1 saturated heterocycles.